The lowest BCUT2D eigenvalue weighted by Crippen LogP contribution is -2.36. The van der Waals surface area contributed by atoms with Gasteiger partial charge in [-0.2, -0.15) is 0 Å². The Bertz CT molecular complexity index is 685. The molecular formula is C27H42F2O. The average molecular weight is 421 g/mol. The van der Waals surface area contributed by atoms with E-state index >= 15 is 0 Å². The van der Waals surface area contributed by atoms with E-state index in [1.165, 1.54) is 31.3 Å². The van der Waals surface area contributed by atoms with E-state index in [4.69, 9.17) is 0 Å². The molecule has 0 aromatic carbocycles. The van der Waals surface area contributed by atoms with Crippen LogP contribution in [0, 0.1) is 23.2 Å². The molecule has 0 radical (unpaired) electrons. The lowest BCUT2D eigenvalue weighted by Gasteiger charge is -2.44. The maximum Gasteiger partial charge on any atom is 0.127 e. The van der Waals surface area contributed by atoms with Crippen LogP contribution in [0.3, 0.4) is 0 Å². The van der Waals surface area contributed by atoms with Gasteiger partial charge in [-0.25, -0.2) is 8.78 Å². The molecule has 1 N–H and O–H groups in total. The molecule has 0 bridgehead atoms. The van der Waals surface area contributed by atoms with Crippen LogP contribution in [-0.4, -0.2) is 23.1 Å². The predicted molar refractivity (Wildman–Crippen MR) is 122 cm³/mol. The number of aliphatic hydroxyl groups excluding tert-OH is 1. The molecule has 1 nitrogen and oxygen atoms in total. The van der Waals surface area contributed by atoms with Crippen molar-refractivity contribution in [2.24, 2.45) is 23.2 Å². The lowest BCUT2D eigenvalue weighted by molar-refractivity contribution is 0.0903. The van der Waals surface area contributed by atoms with Gasteiger partial charge in [0.25, 0.3) is 0 Å². The summed E-state index contributed by atoms with van der Waals surface area (Å²) in [5.74, 6) is 1.92. The fourth-order valence-electron chi connectivity index (χ4n) is 6.69. The van der Waals surface area contributed by atoms with Gasteiger partial charge in [0.2, 0.25) is 0 Å². The van der Waals surface area contributed by atoms with Crippen molar-refractivity contribution in [3.05, 3.63) is 35.5 Å². The van der Waals surface area contributed by atoms with Crippen LogP contribution in [0.25, 0.3) is 0 Å². The minimum Gasteiger partial charge on any atom is -0.393 e. The standard InChI is InChI=1S/C27H42F2O/c1-18(8-6-14-26(3,4)29)23-12-13-24-20(9-7-15-27(23,24)5)10-11-21-16-22(30)17-25(28)19(21)2/h10-11,18,22-25,30H,2,6-9,12-17H2,1,3-5H3/b20-10+,21-11-/t18-,22-,23-,24+,25-,27-/m1/s1. The molecule has 3 saturated carbocycles. The van der Waals surface area contributed by atoms with Crippen molar-refractivity contribution in [3.8, 4) is 0 Å². The molecule has 0 heterocycles. The van der Waals surface area contributed by atoms with E-state index in [2.05, 4.69) is 26.5 Å². The van der Waals surface area contributed by atoms with Gasteiger partial charge in [-0.3, -0.25) is 0 Å². The van der Waals surface area contributed by atoms with Crippen LogP contribution < -0.4 is 0 Å². The molecule has 3 aliphatic rings. The van der Waals surface area contributed by atoms with Crippen LogP contribution in [0.15, 0.2) is 35.5 Å². The Kier molecular flexibility index (Phi) is 7.32. The highest BCUT2D eigenvalue weighted by atomic mass is 19.1. The van der Waals surface area contributed by atoms with Gasteiger partial charge < -0.3 is 5.11 Å². The van der Waals surface area contributed by atoms with Crippen molar-refractivity contribution >= 4 is 0 Å². The summed E-state index contributed by atoms with van der Waals surface area (Å²) in [5.41, 5.74) is 2.17. The van der Waals surface area contributed by atoms with E-state index in [0.717, 1.165) is 24.8 Å². The van der Waals surface area contributed by atoms with Gasteiger partial charge in [-0.15, -0.1) is 0 Å². The van der Waals surface area contributed by atoms with Crippen molar-refractivity contribution in [1.82, 2.24) is 0 Å². The highest BCUT2D eigenvalue weighted by Gasteiger charge is 2.50. The largest absolute Gasteiger partial charge is 0.393 e. The topological polar surface area (TPSA) is 20.2 Å². The van der Waals surface area contributed by atoms with Gasteiger partial charge in [0, 0.05) is 6.42 Å². The molecule has 0 aromatic rings. The van der Waals surface area contributed by atoms with E-state index in [-0.39, 0.29) is 6.42 Å². The zero-order chi connectivity index (χ0) is 22.1. The number of rotatable bonds is 6. The number of halogens is 2. The Hall–Kier alpha value is -0.960. The molecule has 0 spiro atoms. The average Bonchev–Trinajstić information content (AvgIpc) is 3.00. The third kappa shape index (κ3) is 5.26. The minimum atomic E-state index is -1.12. The molecule has 0 unspecified atom stereocenters. The van der Waals surface area contributed by atoms with Gasteiger partial charge in [-0.1, -0.05) is 51.0 Å². The molecule has 0 aromatic heterocycles. The zero-order valence-corrected chi connectivity index (χ0v) is 19.5. The molecule has 0 amide bonds. The Morgan fingerprint density at radius 3 is 2.73 bits per heavy atom. The molecule has 3 rings (SSSR count). The van der Waals surface area contributed by atoms with Crippen molar-refractivity contribution in [3.63, 3.8) is 0 Å². The summed E-state index contributed by atoms with van der Waals surface area (Å²) >= 11 is 0. The molecule has 30 heavy (non-hydrogen) atoms. The maximum absolute atomic E-state index is 14.1. The summed E-state index contributed by atoms with van der Waals surface area (Å²) in [7, 11) is 0. The number of fused-ring (bicyclic) bond motifs is 1. The van der Waals surface area contributed by atoms with Crippen molar-refractivity contribution < 1.29 is 13.9 Å². The second-order valence-electron chi connectivity index (χ2n) is 11.2. The van der Waals surface area contributed by atoms with Crippen LogP contribution in [0.2, 0.25) is 0 Å². The summed E-state index contributed by atoms with van der Waals surface area (Å²) < 4.78 is 28.0. The van der Waals surface area contributed by atoms with E-state index in [1.54, 1.807) is 13.8 Å². The summed E-state index contributed by atoms with van der Waals surface area (Å²) in [6, 6.07) is 0. The highest BCUT2D eigenvalue weighted by molar-refractivity contribution is 5.38. The van der Waals surface area contributed by atoms with Gasteiger partial charge >= 0.3 is 0 Å². The number of aliphatic hydroxyl groups is 1. The molecule has 3 heteroatoms. The van der Waals surface area contributed by atoms with Gasteiger partial charge in [0.15, 0.2) is 0 Å². The fourth-order valence-corrected chi connectivity index (χ4v) is 6.69. The predicted octanol–water partition coefficient (Wildman–Crippen LogP) is 7.66. The summed E-state index contributed by atoms with van der Waals surface area (Å²) in [6.07, 6.45) is 12.0. The Morgan fingerprint density at radius 2 is 2.03 bits per heavy atom. The number of allylic oxidation sites excluding steroid dienone is 4. The van der Waals surface area contributed by atoms with Crippen LogP contribution in [0.4, 0.5) is 8.78 Å². The second kappa shape index (κ2) is 9.27. The molecular weight excluding hydrogens is 378 g/mol. The Labute approximate surface area is 182 Å². The molecule has 6 atom stereocenters. The maximum atomic E-state index is 14.1. The van der Waals surface area contributed by atoms with Crippen molar-refractivity contribution in [1.29, 1.82) is 0 Å². The van der Waals surface area contributed by atoms with Gasteiger partial charge in [0.05, 0.1) is 6.10 Å². The van der Waals surface area contributed by atoms with Crippen LogP contribution >= 0.6 is 0 Å². The molecule has 0 saturated heterocycles. The third-order valence-electron chi connectivity index (χ3n) is 8.38. The number of alkyl halides is 2. The first-order chi connectivity index (χ1) is 14.0. The first-order valence-electron chi connectivity index (χ1n) is 12.1. The van der Waals surface area contributed by atoms with Crippen LogP contribution in [0.1, 0.15) is 91.9 Å². The van der Waals surface area contributed by atoms with Gasteiger partial charge in [0.1, 0.15) is 11.8 Å². The Balaban J connectivity index is 1.70. The van der Waals surface area contributed by atoms with E-state index in [9.17, 15) is 13.9 Å². The summed E-state index contributed by atoms with van der Waals surface area (Å²) in [5, 5.41) is 9.95. The number of hydrogen-bond donors (Lipinski definition) is 1. The second-order valence-corrected chi connectivity index (χ2v) is 11.2. The molecule has 0 aliphatic heterocycles. The highest BCUT2D eigenvalue weighted by Crippen LogP contribution is 2.60. The lowest BCUT2D eigenvalue weighted by atomic mass is 9.60. The minimum absolute atomic E-state index is 0.173. The quantitative estimate of drug-likeness (QED) is 0.467. The zero-order valence-electron chi connectivity index (χ0n) is 19.5. The van der Waals surface area contributed by atoms with E-state index in [1.807, 2.05) is 6.08 Å². The summed E-state index contributed by atoms with van der Waals surface area (Å²) in [4.78, 5) is 0. The number of hydrogen-bond acceptors (Lipinski definition) is 1. The van der Waals surface area contributed by atoms with Crippen molar-refractivity contribution in [2.75, 3.05) is 0 Å². The van der Waals surface area contributed by atoms with Gasteiger partial charge in [-0.05, 0) is 93.1 Å². The fraction of sp³-hybridized carbons (Fsp3) is 0.778. The first kappa shape index (κ1) is 23.7. The normalized spacial score (nSPS) is 38.8. The Morgan fingerprint density at radius 1 is 1.30 bits per heavy atom. The van der Waals surface area contributed by atoms with Crippen LogP contribution in [0.5, 0.6) is 0 Å². The monoisotopic (exact) mass is 420 g/mol. The summed E-state index contributed by atoms with van der Waals surface area (Å²) in [6.45, 7) is 12.1. The molecule has 170 valence electrons. The molecule has 3 aliphatic carbocycles. The first-order valence-corrected chi connectivity index (χ1v) is 12.1. The van der Waals surface area contributed by atoms with E-state index < -0.39 is 17.9 Å². The smallest absolute Gasteiger partial charge is 0.127 e. The van der Waals surface area contributed by atoms with Crippen molar-refractivity contribution in [2.45, 2.75) is 110 Å². The third-order valence-corrected chi connectivity index (χ3v) is 8.38. The van der Waals surface area contributed by atoms with Crippen LogP contribution in [-0.2, 0) is 0 Å². The SMILES string of the molecule is C=C1/C(=C\C=C2/CCC[C@]3(C)[C@@H]([C@H](C)CCCC(C)(C)F)CC[C@@H]23)C[C@@H](O)C[C@H]1F. The van der Waals surface area contributed by atoms with E-state index in [0.29, 0.717) is 41.6 Å². The molecule has 3 fully saturated rings.